The van der Waals surface area contributed by atoms with Crippen LogP contribution in [0.25, 0.3) is 0 Å². The smallest absolute Gasteiger partial charge is 0.274 e. The Morgan fingerprint density at radius 3 is 2.73 bits per heavy atom. The van der Waals surface area contributed by atoms with Gasteiger partial charge in [-0.2, -0.15) is 0 Å². The average molecular weight is 367 g/mol. The largest absolute Gasteiger partial charge is 0.321 e. The Morgan fingerprint density at radius 2 is 2.04 bits per heavy atom. The summed E-state index contributed by atoms with van der Waals surface area (Å²) in [5.74, 6) is -0.209. The van der Waals surface area contributed by atoms with E-state index in [-0.39, 0.29) is 11.2 Å². The molecule has 1 amide bonds. The summed E-state index contributed by atoms with van der Waals surface area (Å²) in [4.78, 5) is 16.8. The van der Waals surface area contributed by atoms with Crippen molar-refractivity contribution in [1.82, 2.24) is 19.7 Å². The monoisotopic (exact) mass is 367 g/mol. The van der Waals surface area contributed by atoms with Crippen molar-refractivity contribution >= 4 is 23.4 Å². The zero-order valence-corrected chi connectivity index (χ0v) is 16.0. The quantitative estimate of drug-likeness (QED) is 0.692. The molecule has 26 heavy (non-hydrogen) atoms. The van der Waals surface area contributed by atoms with Gasteiger partial charge in [-0.25, -0.2) is 4.98 Å². The van der Waals surface area contributed by atoms with Crippen LogP contribution in [0.3, 0.4) is 0 Å². The lowest BCUT2D eigenvalue weighted by atomic mass is 10.1. The molecule has 0 radical (unpaired) electrons. The molecule has 2 aromatic heterocycles. The summed E-state index contributed by atoms with van der Waals surface area (Å²) in [6.45, 7) is 5.98. The van der Waals surface area contributed by atoms with Crippen molar-refractivity contribution in [2.45, 2.75) is 31.2 Å². The molecule has 7 heteroatoms. The predicted molar refractivity (Wildman–Crippen MR) is 103 cm³/mol. The van der Waals surface area contributed by atoms with Crippen LogP contribution in [0.2, 0.25) is 0 Å². The molecule has 0 aliphatic heterocycles. The van der Waals surface area contributed by atoms with E-state index in [1.165, 1.54) is 0 Å². The lowest BCUT2D eigenvalue weighted by Crippen LogP contribution is -2.14. The van der Waals surface area contributed by atoms with E-state index in [2.05, 4.69) is 27.4 Å². The number of anilines is 1. The number of aromatic nitrogens is 4. The van der Waals surface area contributed by atoms with Crippen LogP contribution in [0, 0.1) is 13.8 Å². The lowest BCUT2D eigenvalue weighted by Gasteiger charge is -2.13. The van der Waals surface area contributed by atoms with Gasteiger partial charge < -0.3 is 9.88 Å². The molecule has 0 fully saturated rings. The van der Waals surface area contributed by atoms with Crippen LogP contribution >= 0.6 is 11.8 Å². The summed E-state index contributed by atoms with van der Waals surface area (Å²) < 4.78 is 1.89. The highest BCUT2D eigenvalue weighted by atomic mass is 32.2. The van der Waals surface area contributed by atoms with E-state index in [9.17, 15) is 4.79 Å². The van der Waals surface area contributed by atoms with Crippen LogP contribution in [-0.2, 0) is 7.05 Å². The summed E-state index contributed by atoms with van der Waals surface area (Å²) in [6.07, 6.45) is 1.68. The second kappa shape index (κ2) is 7.70. The van der Waals surface area contributed by atoms with Crippen molar-refractivity contribution < 1.29 is 4.79 Å². The normalized spacial score (nSPS) is 12.0. The zero-order valence-electron chi connectivity index (χ0n) is 15.2. The number of hydrogen-bond acceptors (Lipinski definition) is 5. The molecule has 0 aliphatic rings. The van der Waals surface area contributed by atoms with E-state index in [4.69, 9.17) is 0 Å². The van der Waals surface area contributed by atoms with Gasteiger partial charge in [-0.15, -0.1) is 10.2 Å². The second-order valence-corrected chi connectivity index (χ2v) is 7.47. The van der Waals surface area contributed by atoms with E-state index >= 15 is 0 Å². The molecular formula is C19H21N5OS. The van der Waals surface area contributed by atoms with E-state index in [0.717, 1.165) is 27.7 Å². The Hall–Kier alpha value is -2.67. The number of pyridine rings is 1. The van der Waals surface area contributed by atoms with E-state index in [0.29, 0.717) is 5.69 Å². The zero-order chi connectivity index (χ0) is 18.7. The maximum Gasteiger partial charge on any atom is 0.274 e. The Balaban J connectivity index is 1.73. The summed E-state index contributed by atoms with van der Waals surface area (Å²) in [5, 5.41) is 12.0. The molecule has 6 nitrogen and oxygen atoms in total. The van der Waals surface area contributed by atoms with Gasteiger partial charge in [-0.3, -0.25) is 4.79 Å². The third-order valence-corrected chi connectivity index (χ3v) is 5.35. The van der Waals surface area contributed by atoms with Gasteiger partial charge in [0, 0.05) is 23.7 Å². The Morgan fingerprint density at radius 1 is 1.23 bits per heavy atom. The number of nitrogens with one attached hydrogen (secondary N) is 1. The van der Waals surface area contributed by atoms with Crippen LogP contribution < -0.4 is 5.32 Å². The number of hydrogen-bond donors (Lipinski definition) is 1. The van der Waals surface area contributed by atoms with Crippen LogP contribution in [0.4, 0.5) is 5.69 Å². The number of carbonyl (C=O) groups is 1. The van der Waals surface area contributed by atoms with Gasteiger partial charge in [0.15, 0.2) is 5.16 Å². The van der Waals surface area contributed by atoms with Crippen molar-refractivity contribution in [1.29, 1.82) is 0 Å². The molecular weight excluding hydrogens is 346 g/mol. The maximum absolute atomic E-state index is 12.5. The van der Waals surface area contributed by atoms with Gasteiger partial charge in [0.05, 0.1) is 0 Å². The van der Waals surface area contributed by atoms with E-state index in [1.54, 1.807) is 24.2 Å². The molecule has 3 aromatic rings. The van der Waals surface area contributed by atoms with Crippen molar-refractivity contribution in [2.24, 2.45) is 7.05 Å². The Bertz CT molecular complexity index is 937. The minimum absolute atomic E-state index is 0.175. The third-order valence-electron chi connectivity index (χ3n) is 4.15. The minimum atomic E-state index is -0.209. The number of rotatable bonds is 5. The fourth-order valence-electron chi connectivity index (χ4n) is 2.43. The molecule has 0 spiro atoms. The first-order valence-electron chi connectivity index (χ1n) is 8.30. The van der Waals surface area contributed by atoms with Crippen molar-refractivity contribution in [3.05, 3.63) is 65.2 Å². The first kappa shape index (κ1) is 18.1. The van der Waals surface area contributed by atoms with Gasteiger partial charge in [0.1, 0.15) is 12.0 Å². The average Bonchev–Trinajstić information content (AvgIpc) is 3.02. The topological polar surface area (TPSA) is 72.7 Å². The molecule has 1 N–H and O–H groups in total. The SMILES string of the molecule is Cc1ccc(C(=O)Nc2cccc([C@H](C)Sc3nncn3C)c2)nc1C. The fraction of sp³-hybridized carbons (Fsp3) is 0.263. The third kappa shape index (κ3) is 4.11. The molecule has 0 bridgehead atoms. The van der Waals surface area contributed by atoms with Gasteiger partial charge >= 0.3 is 0 Å². The molecule has 134 valence electrons. The highest BCUT2D eigenvalue weighted by Gasteiger charge is 2.13. The first-order chi connectivity index (χ1) is 12.4. The van der Waals surface area contributed by atoms with Gasteiger partial charge in [0.2, 0.25) is 0 Å². The lowest BCUT2D eigenvalue weighted by molar-refractivity contribution is 0.102. The highest BCUT2D eigenvalue weighted by Crippen LogP contribution is 2.34. The Labute approximate surface area is 157 Å². The predicted octanol–water partition coefficient (Wildman–Crippen LogP) is 3.93. The first-order valence-corrected chi connectivity index (χ1v) is 9.18. The number of nitrogens with zero attached hydrogens (tertiary/aromatic N) is 4. The van der Waals surface area contributed by atoms with E-state index in [1.807, 2.05) is 55.8 Å². The van der Waals surface area contributed by atoms with Crippen molar-refractivity contribution in [3.63, 3.8) is 0 Å². The molecule has 0 saturated heterocycles. The summed E-state index contributed by atoms with van der Waals surface area (Å²) in [6, 6.07) is 11.5. The van der Waals surface area contributed by atoms with Crippen LogP contribution in [0.1, 0.15) is 39.5 Å². The van der Waals surface area contributed by atoms with E-state index < -0.39 is 0 Å². The highest BCUT2D eigenvalue weighted by molar-refractivity contribution is 7.99. The summed E-state index contributed by atoms with van der Waals surface area (Å²) in [5.41, 5.74) is 4.19. The molecule has 0 saturated carbocycles. The van der Waals surface area contributed by atoms with Gasteiger partial charge in [0.25, 0.3) is 5.91 Å². The number of carbonyl (C=O) groups excluding carboxylic acids is 1. The summed E-state index contributed by atoms with van der Waals surface area (Å²) >= 11 is 1.62. The van der Waals surface area contributed by atoms with Crippen molar-refractivity contribution in [2.75, 3.05) is 5.32 Å². The minimum Gasteiger partial charge on any atom is -0.321 e. The van der Waals surface area contributed by atoms with Crippen LogP contribution in [-0.4, -0.2) is 25.7 Å². The number of thioether (sulfide) groups is 1. The van der Waals surface area contributed by atoms with Crippen LogP contribution in [0.15, 0.2) is 47.9 Å². The number of aryl methyl sites for hydroxylation is 3. The summed E-state index contributed by atoms with van der Waals surface area (Å²) in [7, 11) is 1.92. The molecule has 0 unspecified atom stereocenters. The second-order valence-electron chi connectivity index (χ2n) is 6.16. The molecule has 0 aliphatic carbocycles. The van der Waals surface area contributed by atoms with Crippen molar-refractivity contribution in [3.8, 4) is 0 Å². The standard InChI is InChI=1S/C19H21N5OS/c1-12-8-9-17(21-13(12)2)18(25)22-16-7-5-6-15(10-16)14(3)26-19-23-20-11-24(19)4/h5-11,14H,1-4H3,(H,22,25)/t14-/m0/s1. The molecule has 1 atom stereocenters. The number of benzene rings is 1. The maximum atomic E-state index is 12.5. The van der Waals surface area contributed by atoms with Crippen LogP contribution in [0.5, 0.6) is 0 Å². The molecule has 1 aromatic carbocycles. The van der Waals surface area contributed by atoms with Gasteiger partial charge in [-0.1, -0.05) is 30.0 Å². The van der Waals surface area contributed by atoms with Gasteiger partial charge in [-0.05, 0) is 50.1 Å². The molecule has 2 heterocycles. The number of amides is 1. The molecule has 3 rings (SSSR count). The fourth-order valence-corrected chi connectivity index (χ4v) is 3.33. The Kier molecular flexibility index (Phi) is 5.37.